The Kier molecular flexibility index (Phi) is 10.8. The number of esters is 1. The van der Waals surface area contributed by atoms with Crippen LogP contribution >= 0.6 is 0 Å². The summed E-state index contributed by atoms with van der Waals surface area (Å²) < 4.78 is 4.82. The van der Waals surface area contributed by atoms with Crippen LogP contribution in [-0.4, -0.2) is 25.1 Å². The van der Waals surface area contributed by atoms with E-state index < -0.39 is 0 Å². The first-order chi connectivity index (χ1) is 7.81. The quantitative estimate of drug-likeness (QED) is 0.263. The molecule has 4 nitrogen and oxygen atoms in total. The molecular weight excluding hydrogens is 206 g/mol. The van der Waals surface area contributed by atoms with Crippen molar-refractivity contribution in [2.24, 2.45) is 5.16 Å². The molecule has 0 saturated heterocycles. The summed E-state index contributed by atoms with van der Waals surface area (Å²) in [5.41, 5.74) is 0. The molecule has 0 atom stereocenters. The van der Waals surface area contributed by atoms with E-state index >= 15 is 0 Å². The Balaban J connectivity index is 3.27. The first kappa shape index (κ1) is 14.7. The normalized spacial score (nSPS) is 9.12. The number of rotatable bonds is 9. The van der Waals surface area contributed by atoms with Crippen LogP contribution in [0.1, 0.15) is 46.0 Å². The van der Waals surface area contributed by atoms with Crippen molar-refractivity contribution in [2.75, 3.05) is 13.2 Å². The van der Waals surface area contributed by atoms with Crippen LogP contribution in [0.3, 0.4) is 0 Å². The van der Waals surface area contributed by atoms with Crippen LogP contribution in [0, 0.1) is 0 Å². The minimum Gasteiger partial charge on any atom is -0.466 e. The lowest BCUT2D eigenvalue weighted by atomic mass is 10.1. The van der Waals surface area contributed by atoms with Crippen LogP contribution in [0.2, 0.25) is 0 Å². The molecule has 4 heteroatoms. The van der Waals surface area contributed by atoms with Gasteiger partial charge in [-0.2, -0.15) is 0 Å². The van der Waals surface area contributed by atoms with Gasteiger partial charge in [0.05, 0.1) is 6.61 Å². The molecule has 0 spiro atoms. The average Bonchev–Trinajstić information content (AvgIpc) is 2.27. The highest BCUT2D eigenvalue weighted by Gasteiger charge is 1.99. The molecule has 0 aromatic rings. The number of hydrogen-bond donors (Lipinski definition) is 0. The summed E-state index contributed by atoms with van der Waals surface area (Å²) in [6.45, 7) is 4.73. The van der Waals surface area contributed by atoms with E-state index in [4.69, 9.17) is 9.57 Å². The maximum atomic E-state index is 11.0. The van der Waals surface area contributed by atoms with E-state index in [-0.39, 0.29) is 5.97 Å². The number of carbonyl (C=O) groups excluding carboxylic acids is 1. The summed E-state index contributed by atoms with van der Waals surface area (Å²) >= 11 is 0. The molecule has 0 unspecified atom stereocenters. The highest BCUT2D eigenvalue weighted by molar-refractivity contribution is 5.69. The topological polar surface area (TPSA) is 47.9 Å². The fourth-order valence-corrected chi connectivity index (χ4v) is 1.13. The number of hydrogen-bond acceptors (Lipinski definition) is 4. The molecule has 0 saturated carbocycles. The standard InChI is InChI=1S/C12H21NO3/c1-3-15-12(14)10-8-6-5-7-9-11-13-16-4-2/h9H,3-8,10H2,1-2H3. The third-order valence-corrected chi connectivity index (χ3v) is 1.87. The van der Waals surface area contributed by atoms with Crippen LogP contribution in [0.4, 0.5) is 0 Å². The van der Waals surface area contributed by atoms with E-state index in [0.29, 0.717) is 19.6 Å². The lowest BCUT2D eigenvalue weighted by molar-refractivity contribution is -0.143. The fraction of sp³-hybridized carbons (Fsp3) is 0.750. The van der Waals surface area contributed by atoms with Crippen molar-refractivity contribution in [3.8, 4) is 0 Å². The van der Waals surface area contributed by atoms with E-state index in [1.54, 1.807) is 0 Å². The Morgan fingerprint density at radius 1 is 1.25 bits per heavy atom. The molecular formula is C12H21NO3. The van der Waals surface area contributed by atoms with E-state index in [0.717, 1.165) is 25.7 Å². The smallest absolute Gasteiger partial charge is 0.305 e. The molecule has 0 radical (unpaired) electrons. The van der Waals surface area contributed by atoms with Gasteiger partial charge in [0.15, 0.2) is 0 Å². The molecule has 0 rings (SSSR count). The molecule has 0 heterocycles. The highest BCUT2D eigenvalue weighted by atomic mass is 16.6. The predicted molar refractivity (Wildman–Crippen MR) is 63.3 cm³/mol. The molecule has 0 aliphatic rings. The second-order valence-corrected chi connectivity index (χ2v) is 3.25. The maximum absolute atomic E-state index is 11.0. The van der Waals surface area contributed by atoms with Crippen molar-refractivity contribution in [2.45, 2.75) is 46.0 Å². The minimum absolute atomic E-state index is 0.101. The Morgan fingerprint density at radius 3 is 2.75 bits per heavy atom. The molecule has 0 fully saturated rings. The lowest BCUT2D eigenvalue weighted by Gasteiger charge is -2.00. The third-order valence-electron chi connectivity index (χ3n) is 1.87. The molecule has 0 amide bonds. The van der Waals surface area contributed by atoms with E-state index in [1.807, 2.05) is 19.9 Å². The van der Waals surface area contributed by atoms with E-state index in [1.165, 1.54) is 0 Å². The van der Waals surface area contributed by atoms with Crippen LogP contribution in [0.15, 0.2) is 11.2 Å². The molecule has 0 aromatic carbocycles. The van der Waals surface area contributed by atoms with Crippen molar-refractivity contribution in [1.29, 1.82) is 0 Å². The Morgan fingerprint density at radius 2 is 2.06 bits per heavy atom. The van der Waals surface area contributed by atoms with Crippen molar-refractivity contribution in [3.05, 3.63) is 6.08 Å². The molecule has 0 aliphatic heterocycles. The van der Waals surface area contributed by atoms with Crippen molar-refractivity contribution >= 4 is 11.8 Å². The van der Waals surface area contributed by atoms with Gasteiger partial charge in [0, 0.05) is 12.3 Å². The van der Waals surface area contributed by atoms with Crippen LogP contribution < -0.4 is 0 Å². The summed E-state index contributed by atoms with van der Waals surface area (Å²) in [7, 11) is 0. The Labute approximate surface area is 97.3 Å². The number of allylic oxidation sites excluding steroid dienone is 1. The van der Waals surface area contributed by atoms with E-state index in [9.17, 15) is 4.79 Å². The second kappa shape index (κ2) is 11.8. The lowest BCUT2D eigenvalue weighted by Crippen LogP contribution is -2.02. The zero-order valence-corrected chi connectivity index (χ0v) is 10.2. The van der Waals surface area contributed by atoms with Gasteiger partial charge in [-0.15, -0.1) is 0 Å². The van der Waals surface area contributed by atoms with E-state index in [2.05, 4.69) is 11.0 Å². The minimum atomic E-state index is -0.101. The van der Waals surface area contributed by atoms with Crippen molar-refractivity contribution < 1.29 is 14.4 Å². The summed E-state index contributed by atoms with van der Waals surface area (Å²) in [6.07, 6.45) is 6.22. The Bertz CT molecular complexity index is 232. The first-order valence-electron chi connectivity index (χ1n) is 5.86. The van der Waals surface area contributed by atoms with Crippen molar-refractivity contribution in [3.63, 3.8) is 0 Å². The molecule has 0 N–H and O–H groups in total. The van der Waals surface area contributed by atoms with Gasteiger partial charge in [0.1, 0.15) is 6.61 Å². The van der Waals surface area contributed by atoms with Gasteiger partial charge in [-0.1, -0.05) is 6.42 Å². The zero-order chi connectivity index (χ0) is 12.1. The fourth-order valence-electron chi connectivity index (χ4n) is 1.13. The van der Waals surface area contributed by atoms with Gasteiger partial charge in [0.25, 0.3) is 0 Å². The summed E-state index contributed by atoms with van der Waals surface area (Å²) in [4.78, 5) is 15.7. The zero-order valence-electron chi connectivity index (χ0n) is 10.2. The van der Waals surface area contributed by atoms with Crippen LogP contribution in [-0.2, 0) is 14.4 Å². The van der Waals surface area contributed by atoms with Crippen LogP contribution in [0.25, 0.3) is 0 Å². The first-order valence-corrected chi connectivity index (χ1v) is 5.86. The van der Waals surface area contributed by atoms with Gasteiger partial charge in [-0.3, -0.25) is 4.79 Å². The summed E-state index contributed by atoms with van der Waals surface area (Å²) in [5, 5.41) is 3.58. The Hall–Kier alpha value is -1.28. The van der Waals surface area contributed by atoms with Crippen LogP contribution in [0.5, 0.6) is 0 Å². The van der Waals surface area contributed by atoms with Gasteiger partial charge >= 0.3 is 5.97 Å². The summed E-state index contributed by atoms with van der Waals surface area (Å²) in [5.74, 6) is 2.59. The SMILES string of the molecule is CCON=C=CCCCCCC(=O)OCC. The van der Waals surface area contributed by atoms with Gasteiger partial charge < -0.3 is 9.57 Å². The summed E-state index contributed by atoms with van der Waals surface area (Å²) in [6, 6.07) is 0. The number of nitrogens with zero attached hydrogens (tertiary/aromatic N) is 1. The van der Waals surface area contributed by atoms with Gasteiger partial charge in [-0.05, 0) is 44.3 Å². The average molecular weight is 227 g/mol. The second-order valence-electron chi connectivity index (χ2n) is 3.25. The van der Waals surface area contributed by atoms with Gasteiger partial charge in [-0.25, -0.2) is 0 Å². The molecule has 0 aliphatic carbocycles. The molecule has 0 bridgehead atoms. The highest BCUT2D eigenvalue weighted by Crippen LogP contribution is 2.03. The third kappa shape index (κ3) is 10.8. The predicted octanol–water partition coefficient (Wildman–Crippen LogP) is 2.68. The molecule has 16 heavy (non-hydrogen) atoms. The molecule has 0 aromatic heterocycles. The number of unbranched alkanes of at least 4 members (excludes halogenated alkanes) is 3. The van der Waals surface area contributed by atoms with Crippen molar-refractivity contribution in [1.82, 2.24) is 0 Å². The monoisotopic (exact) mass is 227 g/mol. The largest absolute Gasteiger partial charge is 0.466 e. The maximum Gasteiger partial charge on any atom is 0.305 e. The molecule has 92 valence electrons. The number of carbonyl (C=O) groups is 1. The van der Waals surface area contributed by atoms with Gasteiger partial charge in [0.2, 0.25) is 0 Å². The number of ether oxygens (including phenoxy) is 1.